The lowest BCUT2D eigenvalue weighted by Gasteiger charge is -2.42. The van der Waals surface area contributed by atoms with E-state index in [0.717, 1.165) is 54.9 Å². The fourth-order valence-electron chi connectivity index (χ4n) is 6.86. The summed E-state index contributed by atoms with van der Waals surface area (Å²) in [6.45, 7) is 1.62. The van der Waals surface area contributed by atoms with Gasteiger partial charge < -0.3 is 10.6 Å². The predicted octanol–water partition coefficient (Wildman–Crippen LogP) is 4.18. The third kappa shape index (κ3) is 6.09. The van der Waals surface area contributed by atoms with Crippen molar-refractivity contribution in [3.05, 3.63) is 51.3 Å². The van der Waals surface area contributed by atoms with Gasteiger partial charge in [-0.2, -0.15) is 13.8 Å². The van der Waals surface area contributed by atoms with Crippen molar-refractivity contribution in [1.29, 1.82) is 0 Å². The van der Waals surface area contributed by atoms with Crippen molar-refractivity contribution in [2.24, 2.45) is 11.8 Å². The first-order valence-electron chi connectivity index (χ1n) is 14.3. The number of hydrazine groups is 1. The largest absolute Gasteiger partial charge is 0.312 e. The Morgan fingerprint density at radius 3 is 2.73 bits per heavy atom. The SMILES string of the molecule is C[C@@H]1CCC[C@H](n2cnc(-c3cc(Cl)ccc3-c3csnn3)cc2=O)C2CC(CCN2)C2C(CNN2C(F)F)NC1. The van der Waals surface area contributed by atoms with Gasteiger partial charge in [0.2, 0.25) is 0 Å². The molecular formula is C28H35ClF2N8OS. The third-order valence-electron chi connectivity index (χ3n) is 8.88. The smallest absolute Gasteiger partial charge is 0.307 e. The highest BCUT2D eigenvalue weighted by Gasteiger charge is 2.45. The summed E-state index contributed by atoms with van der Waals surface area (Å²) in [6.07, 6.45) is 5.89. The lowest BCUT2D eigenvalue weighted by Crippen LogP contribution is -2.56. The van der Waals surface area contributed by atoms with E-state index in [1.807, 2.05) is 11.4 Å². The molecule has 41 heavy (non-hydrogen) atoms. The van der Waals surface area contributed by atoms with E-state index in [1.54, 1.807) is 29.1 Å². The molecule has 3 aliphatic rings. The second-order valence-corrected chi connectivity index (χ2v) is 12.5. The minimum absolute atomic E-state index is 0.0302. The molecular weight excluding hydrogens is 570 g/mol. The minimum Gasteiger partial charge on any atom is -0.312 e. The van der Waals surface area contributed by atoms with E-state index < -0.39 is 6.55 Å². The molecule has 6 rings (SSSR count). The Hall–Kier alpha value is -2.35. The van der Waals surface area contributed by atoms with Gasteiger partial charge in [0.25, 0.3) is 5.56 Å². The van der Waals surface area contributed by atoms with Crippen LogP contribution in [0.2, 0.25) is 5.02 Å². The monoisotopic (exact) mass is 604 g/mol. The summed E-state index contributed by atoms with van der Waals surface area (Å²) < 4.78 is 33.8. The molecule has 3 aliphatic heterocycles. The predicted molar refractivity (Wildman–Crippen MR) is 156 cm³/mol. The van der Waals surface area contributed by atoms with E-state index in [9.17, 15) is 13.6 Å². The van der Waals surface area contributed by atoms with Crippen molar-refractivity contribution in [2.75, 3.05) is 19.6 Å². The number of nitrogens with one attached hydrogen (secondary N) is 3. The number of nitrogens with zero attached hydrogens (tertiary/aromatic N) is 5. The van der Waals surface area contributed by atoms with Crippen LogP contribution in [0.5, 0.6) is 0 Å². The topological polar surface area (TPSA) is 100 Å². The molecule has 0 radical (unpaired) electrons. The summed E-state index contributed by atoms with van der Waals surface area (Å²) in [5.74, 6) is 0.450. The molecule has 0 spiro atoms. The van der Waals surface area contributed by atoms with Gasteiger partial charge in [-0.3, -0.25) is 9.36 Å². The average molecular weight is 605 g/mol. The van der Waals surface area contributed by atoms with Crippen LogP contribution in [-0.4, -0.2) is 68.5 Å². The summed E-state index contributed by atoms with van der Waals surface area (Å²) >= 11 is 7.59. The first-order chi connectivity index (χ1) is 19.9. The highest BCUT2D eigenvalue weighted by Crippen LogP contribution is 2.36. The Balaban J connectivity index is 1.33. The van der Waals surface area contributed by atoms with Crippen molar-refractivity contribution < 1.29 is 8.78 Å². The van der Waals surface area contributed by atoms with Crippen molar-refractivity contribution in [2.45, 2.75) is 69.7 Å². The second-order valence-electron chi connectivity index (χ2n) is 11.5. The summed E-state index contributed by atoms with van der Waals surface area (Å²) in [6, 6.07) is 6.48. The first kappa shape index (κ1) is 28.8. The zero-order valence-corrected chi connectivity index (χ0v) is 24.4. The van der Waals surface area contributed by atoms with E-state index in [2.05, 4.69) is 32.6 Å². The van der Waals surface area contributed by atoms with E-state index >= 15 is 0 Å². The summed E-state index contributed by atoms with van der Waals surface area (Å²) in [7, 11) is 0. The van der Waals surface area contributed by atoms with E-state index in [4.69, 9.17) is 16.6 Å². The summed E-state index contributed by atoms with van der Waals surface area (Å²) in [5, 5.41) is 14.9. The highest BCUT2D eigenvalue weighted by molar-refractivity contribution is 7.03. The van der Waals surface area contributed by atoms with Crippen LogP contribution >= 0.6 is 23.1 Å². The molecule has 3 saturated heterocycles. The van der Waals surface area contributed by atoms with Gasteiger partial charge in [-0.05, 0) is 74.3 Å². The second kappa shape index (κ2) is 12.5. The number of fused-ring (bicyclic) bond motifs is 4. The van der Waals surface area contributed by atoms with Gasteiger partial charge in [0.15, 0.2) is 0 Å². The molecule has 4 unspecified atom stereocenters. The Morgan fingerprint density at radius 1 is 1.07 bits per heavy atom. The van der Waals surface area contributed by atoms with Crippen LogP contribution in [0, 0.1) is 11.8 Å². The molecule has 3 N–H and O–H groups in total. The number of rotatable bonds is 4. The fourth-order valence-corrected chi connectivity index (χ4v) is 7.49. The number of halogens is 3. The van der Waals surface area contributed by atoms with Crippen molar-refractivity contribution in [1.82, 2.24) is 40.2 Å². The van der Waals surface area contributed by atoms with Crippen molar-refractivity contribution >= 4 is 23.1 Å². The maximum Gasteiger partial charge on any atom is 0.307 e. The molecule has 13 heteroatoms. The van der Waals surface area contributed by atoms with Gasteiger partial charge in [0, 0.05) is 52.3 Å². The van der Waals surface area contributed by atoms with Crippen LogP contribution < -0.4 is 21.6 Å². The van der Waals surface area contributed by atoms with Crippen LogP contribution in [0.25, 0.3) is 22.5 Å². The fraction of sp³-hybridized carbons (Fsp3) is 0.571. The Morgan fingerprint density at radius 2 is 1.95 bits per heavy atom. The molecule has 9 nitrogen and oxygen atoms in total. The molecule has 3 aromatic rings. The van der Waals surface area contributed by atoms with E-state index in [1.165, 1.54) is 11.5 Å². The summed E-state index contributed by atoms with van der Waals surface area (Å²) in [4.78, 5) is 18.5. The Bertz CT molecular complexity index is 1390. The van der Waals surface area contributed by atoms with E-state index in [-0.39, 0.29) is 35.6 Å². The Kier molecular flexibility index (Phi) is 8.75. The Labute approximate surface area is 246 Å². The van der Waals surface area contributed by atoms with Gasteiger partial charge in [-0.15, -0.1) is 5.10 Å². The van der Waals surface area contributed by atoms with Crippen molar-refractivity contribution in [3.8, 4) is 22.5 Å². The molecule has 0 aliphatic carbocycles. The molecule has 3 fully saturated rings. The number of benzene rings is 1. The standard InChI is InChI=1S/C28H35ClF2N8OS/c1-16-3-2-4-25(22-9-17(7-8-32-22)27-23(33-12-16)13-35-39(27)28(30)31)38-15-34-21(11-26(38)40)20-10-18(29)5-6-19(20)24-14-41-37-36-24/h5-6,10-11,14-17,22-23,25,27-28,32-33,35H,2-4,7-9,12-13H2,1H3/t16-,17?,22?,23?,25+,27?/m1/s1. The van der Waals surface area contributed by atoms with Gasteiger partial charge >= 0.3 is 6.55 Å². The lowest BCUT2D eigenvalue weighted by molar-refractivity contribution is -0.0841. The molecule has 1 aromatic carbocycles. The molecule has 220 valence electrons. The number of hydrogen-bond acceptors (Lipinski definition) is 9. The molecule has 6 atom stereocenters. The van der Waals surface area contributed by atoms with Gasteiger partial charge in [0.05, 0.1) is 18.1 Å². The van der Waals surface area contributed by atoms with Gasteiger partial charge in [-0.25, -0.2) is 10.4 Å². The zero-order chi connectivity index (χ0) is 28.5. The zero-order valence-electron chi connectivity index (χ0n) is 22.8. The molecule has 5 heterocycles. The quantitative estimate of drug-likeness (QED) is 0.382. The average Bonchev–Trinajstić information content (AvgIpc) is 3.65. The number of aromatic nitrogens is 4. The maximum absolute atomic E-state index is 14.0. The first-order valence-corrected chi connectivity index (χ1v) is 15.5. The molecule has 0 amide bonds. The van der Waals surface area contributed by atoms with Crippen LogP contribution in [0.4, 0.5) is 8.78 Å². The van der Waals surface area contributed by atoms with Crippen LogP contribution in [-0.2, 0) is 0 Å². The number of piperidine rings is 1. The summed E-state index contributed by atoms with van der Waals surface area (Å²) in [5.41, 5.74) is 5.55. The third-order valence-corrected chi connectivity index (χ3v) is 9.62. The normalized spacial score (nSPS) is 29.6. The van der Waals surface area contributed by atoms with Gasteiger partial charge in [0.1, 0.15) is 5.69 Å². The minimum atomic E-state index is -2.57. The van der Waals surface area contributed by atoms with Crippen molar-refractivity contribution in [3.63, 3.8) is 0 Å². The van der Waals surface area contributed by atoms with Gasteiger partial charge in [-0.1, -0.05) is 35.5 Å². The lowest BCUT2D eigenvalue weighted by atomic mass is 9.79. The molecule has 2 bridgehead atoms. The van der Waals surface area contributed by atoms with Crippen LogP contribution in [0.3, 0.4) is 0 Å². The molecule has 2 aromatic heterocycles. The number of alkyl halides is 2. The molecule has 0 saturated carbocycles. The highest BCUT2D eigenvalue weighted by atomic mass is 35.5. The van der Waals surface area contributed by atoms with Crippen LogP contribution in [0.1, 0.15) is 45.1 Å². The van der Waals surface area contributed by atoms with Crippen LogP contribution in [0.15, 0.2) is 40.8 Å². The number of hydrogen-bond donors (Lipinski definition) is 3. The van der Waals surface area contributed by atoms with E-state index in [0.29, 0.717) is 35.3 Å². The maximum atomic E-state index is 14.0.